The van der Waals surface area contributed by atoms with Crippen molar-refractivity contribution in [3.05, 3.63) is 29.8 Å². The van der Waals surface area contributed by atoms with Crippen molar-refractivity contribution < 1.29 is 26.7 Å². The summed E-state index contributed by atoms with van der Waals surface area (Å²) in [5.41, 5.74) is 0.471. The molecule has 0 aromatic heterocycles. The lowest BCUT2D eigenvalue weighted by atomic mass is 10.0. The molecule has 1 saturated heterocycles. The first-order chi connectivity index (χ1) is 12.8. The first-order valence-corrected chi connectivity index (χ1v) is 10.8. The summed E-state index contributed by atoms with van der Waals surface area (Å²) in [6.07, 6.45) is 2.51. The molecule has 1 aliphatic rings. The van der Waals surface area contributed by atoms with Crippen molar-refractivity contribution in [2.45, 2.75) is 51.7 Å². The largest absolute Gasteiger partial charge is 0.434 e. The first kappa shape index (κ1) is 21.6. The number of nitrogens with zero attached hydrogens (tertiary/aromatic N) is 1. The number of para-hydroxylation sites is 1. The van der Waals surface area contributed by atoms with Crippen molar-refractivity contribution >= 4 is 15.9 Å². The number of carbonyl (C=O) groups is 1. The fraction of sp³-hybridized carbons (Fsp3) is 0.611. The van der Waals surface area contributed by atoms with Crippen LogP contribution in [0.2, 0.25) is 0 Å². The van der Waals surface area contributed by atoms with Crippen LogP contribution in [0.4, 0.5) is 8.78 Å². The Labute approximate surface area is 158 Å². The zero-order valence-electron chi connectivity index (χ0n) is 15.4. The Hall–Kier alpha value is -1.74. The van der Waals surface area contributed by atoms with E-state index in [1.165, 1.54) is 10.4 Å². The van der Waals surface area contributed by atoms with E-state index in [9.17, 15) is 22.0 Å². The molecule has 0 radical (unpaired) electrons. The normalized spacial score (nSPS) is 16.4. The zero-order chi connectivity index (χ0) is 19.9. The van der Waals surface area contributed by atoms with Crippen molar-refractivity contribution in [3.8, 4) is 5.75 Å². The van der Waals surface area contributed by atoms with E-state index in [0.717, 1.165) is 12.8 Å². The number of hydrogen-bond acceptors (Lipinski definition) is 4. The van der Waals surface area contributed by atoms with Crippen molar-refractivity contribution in [2.24, 2.45) is 0 Å². The standard InChI is InChI=1S/C18H26F2N2O4S/c1-2-15(14-8-3-4-9-16(14)26-18(19)20)21-17(23)10-7-13-27(24,25)22-11-5-6-12-22/h3-4,8-9,15,18H,2,5-7,10-13H2,1H3,(H,21,23). The van der Waals surface area contributed by atoms with Crippen molar-refractivity contribution in [1.29, 1.82) is 0 Å². The van der Waals surface area contributed by atoms with Crippen LogP contribution in [0.1, 0.15) is 50.6 Å². The van der Waals surface area contributed by atoms with Gasteiger partial charge in [0.1, 0.15) is 5.75 Å². The number of hydrogen-bond donors (Lipinski definition) is 1. The molecule has 1 aromatic carbocycles. The van der Waals surface area contributed by atoms with Gasteiger partial charge in [-0.05, 0) is 31.7 Å². The molecule has 0 aliphatic carbocycles. The average Bonchev–Trinajstić information content (AvgIpc) is 3.15. The summed E-state index contributed by atoms with van der Waals surface area (Å²) >= 11 is 0. The number of nitrogens with one attached hydrogen (secondary N) is 1. The fourth-order valence-corrected chi connectivity index (χ4v) is 4.73. The molecular weight excluding hydrogens is 378 g/mol. The molecule has 27 heavy (non-hydrogen) atoms. The van der Waals surface area contributed by atoms with Crippen molar-refractivity contribution in [3.63, 3.8) is 0 Å². The van der Waals surface area contributed by atoms with Gasteiger partial charge in [0.2, 0.25) is 15.9 Å². The maximum atomic E-state index is 12.6. The first-order valence-electron chi connectivity index (χ1n) is 9.14. The third kappa shape index (κ3) is 6.42. The summed E-state index contributed by atoms with van der Waals surface area (Å²) in [5.74, 6) is -0.357. The van der Waals surface area contributed by atoms with Gasteiger partial charge < -0.3 is 10.1 Å². The Morgan fingerprint density at radius 3 is 2.56 bits per heavy atom. The number of benzene rings is 1. The number of rotatable bonds is 10. The van der Waals surface area contributed by atoms with Gasteiger partial charge in [-0.15, -0.1) is 0 Å². The number of carbonyl (C=O) groups excluding carboxylic acids is 1. The average molecular weight is 404 g/mol. The minimum Gasteiger partial charge on any atom is -0.434 e. The van der Waals surface area contributed by atoms with Crippen molar-refractivity contribution in [2.75, 3.05) is 18.8 Å². The third-order valence-corrected chi connectivity index (χ3v) is 6.48. The van der Waals surface area contributed by atoms with Crippen LogP contribution in [0.5, 0.6) is 5.75 Å². The van der Waals surface area contributed by atoms with Crippen LogP contribution >= 0.6 is 0 Å². The molecule has 0 spiro atoms. The number of amides is 1. The van der Waals surface area contributed by atoms with Crippen LogP contribution in [-0.2, 0) is 14.8 Å². The lowest BCUT2D eigenvalue weighted by molar-refractivity contribution is -0.121. The Bertz CT molecular complexity index is 722. The van der Waals surface area contributed by atoms with Crippen LogP contribution in [0.3, 0.4) is 0 Å². The van der Waals surface area contributed by atoms with Gasteiger partial charge in [-0.3, -0.25) is 4.79 Å². The van der Waals surface area contributed by atoms with Gasteiger partial charge in [0.15, 0.2) is 0 Å². The van der Waals surface area contributed by atoms with E-state index in [0.29, 0.717) is 25.1 Å². The van der Waals surface area contributed by atoms with Crippen LogP contribution < -0.4 is 10.1 Å². The van der Waals surface area contributed by atoms with Crippen molar-refractivity contribution in [1.82, 2.24) is 9.62 Å². The highest BCUT2D eigenvalue weighted by Crippen LogP contribution is 2.28. The van der Waals surface area contributed by atoms with Gasteiger partial charge in [0, 0.05) is 25.1 Å². The second kappa shape index (κ2) is 9.98. The molecule has 1 aliphatic heterocycles. The zero-order valence-corrected chi connectivity index (χ0v) is 16.2. The van der Waals surface area contributed by atoms with Crippen LogP contribution in [0.25, 0.3) is 0 Å². The van der Waals surface area contributed by atoms with Gasteiger partial charge in [0.05, 0.1) is 11.8 Å². The van der Waals surface area contributed by atoms with Gasteiger partial charge in [-0.25, -0.2) is 12.7 Å². The highest BCUT2D eigenvalue weighted by molar-refractivity contribution is 7.89. The van der Waals surface area contributed by atoms with Crippen LogP contribution in [0.15, 0.2) is 24.3 Å². The Morgan fingerprint density at radius 1 is 1.26 bits per heavy atom. The molecule has 1 unspecified atom stereocenters. The van der Waals surface area contributed by atoms with E-state index >= 15 is 0 Å². The topological polar surface area (TPSA) is 75.7 Å². The molecule has 0 bridgehead atoms. The second-order valence-corrected chi connectivity index (χ2v) is 8.56. The Kier molecular flexibility index (Phi) is 7.97. The molecule has 6 nitrogen and oxygen atoms in total. The predicted octanol–water partition coefficient (Wildman–Crippen LogP) is 3.06. The molecule has 1 fully saturated rings. The molecule has 152 valence electrons. The summed E-state index contributed by atoms with van der Waals surface area (Å²) in [6, 6.07) is 5.84. The minimum atomic E-state index is -3.31. The second-order valence-electron chi connectivity index (χ2n) is 6.47. The molecular formula is C18H26F2N2O4S. The molecule has 1 amide bonds. The molecule has 1 N–H and O–H groups in total. The van der Waals surface area contributed by atoms with E-state index in [1.807, 2.05) is 6.92 Å². The van der Waals surface area contributed by atoms with Crippen LogP contribution in [-0.4, -0.2) is 44.1 Å². The van der Waals surface area contributed by atoms with E-state index in [4.69, 9.17) is 0 Å². The van der Waals surface area contributed by atoms with E-state index in [2.05, 4.69) is 10.1 Å². The maximum absolute atomic E-state index is 12.6. The van der Waals surface area contributed by atoms with E-state index in [1.54, 1.807) is 18.2 Å². The number of ether oxygens (including phenoxy) is 1. The SMILES string of the molecule is CCC(NC(=O)CCCS(=O)(=O)N1CCCC1)c1ccccc1OC(F)F. The predicted molar refractivity (Wildman–Crippen MR) is 98.1 cm³/mol. The maximum Gasteiger partial charge on any atom is 0.387 e. The number of sulfonamides is 1. The number of alkyl halides is 2. The Balaban J connectivity index is 1.90. The number of halogens is 2. The summed E-state index contributed by atoms with van der Waals surface area (Å²) in [6.45, 7) is -0.0296. The monoisotopic (exact) mass is 404 g/mol. The molecule has 2 rings (SSSR count). The van der Waals surface area contributed by atoms with E-state index in [-0.39, 0.29) is 30.3 Å². The summed E-state index contributed by atoms with van der Waals surface area (Å²) < 4.78 is 55.5. The van der Waals surface area contributed by atoms with E-state index < -0.39 is 22.7 Å². The molecule has 1 heterocycles. The minimum absolute atomic E-state index is 0.0243. The fourth-order valence-electron chi connectivity index (χ4n) is 3.15. The Morgan fingerprint density at radius 2 is 1.93 bits per heavy atom. The lowest BCUT2D eigenvalue weighted by Crippen LogP contribution is -2.32. The quantitative estimate of drug-likeness (QED) is 0.650. The third-order valence-electron chi connectivity index (χ3n) is 4.52. The van der Waals surface area contributed by atoms with Gasteiger partial charge in [-0.1, -0.05) is 25.1 Å². The molecule has 0 saturated carbocycles. The lowest BCUT2D eigenvalue weighted by Gasteiger charge is -2.21. The summed E-state index contributed by atoms with van der Waals surface area (Å²) in [5, 5.41) is 2.78. The van der Waals surface area contributed by atoms with Gasteiger partial charge in [0.25, 0.3) is 0 Å². The summed E-state index contributed by atoms with van der Waals surface area (Å²) in [7, 11) is -3.31. The van der Waals surface area contributed by atoms with Gasteiger partial charge >= 0.3 is 6.61 Å². The smallest absolute Gasteiger partial charge is 0.387 e. The van der Waals surface area contributed by atoms with Gasteiger partial charge in [-0.2, -0.15) is 8.78 Å². The summed E-state index contributed by atoms with van der Waals surface area (Å²) in [4.78, 5) is 12.2. The molecule has 9 heteroatoms. The highest BCUT2D eigenvalue weighted by Gasteiger charge is 2.25. The highest BCUT2D eigenvalue weighted by atomic mass is 32.2. The molecule has 1 aromatic rings. The molecule has 1 atom stereocenters. The van der Waals surface area contributed by atoms with Crippen LogP contribution in [0, 0.1) is 0 Å².